The monoisotopic (exact) mass is 593 g/mol. The minimum absolute atomic E-state index is 0. The summed E-state index contributed by atoms with van der Waals surface area (Å²) in [5.41, 5.74) is 3.26. The molecule has 1 fully saturated rings. The zero-order valence-corrected chi connectivity index (χ0v) is 24.8. The molecule has 1 aliphatic rings. The Morgan fingerprint density at radius 3 is 2.19 bits per heavy atom. The van der Waals surface area contributed by atoms with E-state index in [1.54, 1.807) is 19.3 Å². The molecule has 0 unspecified atom stereocenters. The summed E-state index contributed by atoms with van der Waals surface area (Å²) >= 11 is 0. The lowest BCUT2D eigenvalue weighted by molar-refractivity contribution is -0.131. The van der Waals surface area contributed by atoms with Crippen molar-refractivity contribution in [2.75, 3.05) is 46.6 Å². The van der Waals surface area contributed by atoms with Crippen molar-refractivity contribution in [3.8, 4) is 11.5 Å². The van der Waals surface area contributed by atoms with Crippen molar-refractivity contribution < 1.29 is 28.8 Å². The van der Waals surface area contributed by atoms with Gasteiger partial charge in [-0.2, -0.15) is 0 Å². The zero-order valence-electron chi connectivity index (χ0n) is 24.0. The number of nitrogens with zero attached hydrogens (tertiary/aromatic N) is 1. The molecule has 0 atom stereocenters. The third-order valence-corrected chi connectivity index (χ3v) is 6.93. The standard InChI is InChI=1S/C34H39NO6.ClH/c1-38-32-26-27(10-8-9-15-33(36)37)16-17-31(32)40-25-24-39-23-22-35-20-18-30(19-21-35)41-34(28-11-4-2-5-12-28)29-13-6-3-7-14-29;/h2-17,26,30,34H,18-25H2,1H3,(H,36,37);1H. The van der Waals surface area contributed by atoms with Gasteiger partial charge in [0.25, 0.3) is 0 Å². The summed E-state index contributed by atoms with van der Waals surface area (Å²) in [6, 6.07) is 26.5. The lowest BCUT2D eigenvalue weighted by Crippen LogP contribution is -2.39. The van der Waals surface area contributed by atoms with Crippen LogP contribution >= 0.6 is 12.4 Å². The smallest absolute Gasteiger partial charge is 0.328 e. The first-order valence-corrected chi connectivity index (χ1v) is 14.1. The molecular formula is C34H40ClNO6. The van der Waals surface area contributed by atoms with E-state index in [2.05, 4.69) is 53.4 Å². The normalized spacial score (nSPS) is 14.3. The van der Waals surface area contributed by atoms with Gasteiger partial charge in [-0.3, -0.25) is 0 Å². The third-order valence-electron chi connectivity index (χ3n) is 6.93. The van der Waals surface area contributed by atoms with Crippen molar-refractivity contribution in [2.24, 2.45) is 0 Å². The molecule has 0 amide bonds. The van der Waals surface area contributed by atoms with Gasteiger partial charge >= 0.3 is 5.97 Å². The van der Waals surface area contributed by atoms with Crippen LogP contribution in [0.4, 0.5) is 0 Å². The molecule has 42 heavy (non-hydrogen) atoms. The number of carboxylic acid groups (broad SMARTS) is 1. The second-order valence-corrected chi connectivity index (χ2v) is 9.81. The Labute approximate surface area is 254 Å². The number of likely N-dealkylation sites (tertiary alicyclic amines) is 1. The summed E-state index contributed by atoms with van der Waals surface area (Å²) in [4.78, 5) is 13.0. The van der Waals surface area contributed by atoms with E-state index >= 15 is 0 Å². The van der Waals surface area contributed by atoms with E-state index in [1.807, 2.05) is 30.3 Å². The molecule has 1 aliphatic heterocycles. The topological polar surface area (TPSA) is 77.5 Å². The number of methoxy groups -OCH3 is 1. The number of hydrogen-bond donors (Lipinski definition) is 1. The van der Waals surface area contributed by atoms with Crippen molar-refractivity contribution in [2.45, 2.75) is 25.0 Å². The van der Waals surface area contributed by atoms with Crippen LogP contribution in [0.1, 0.15) is 35.6 Å². The molecule has 0 aromatic heterocycles. The molecule has 224 valence electrons. The van der Waals surface area contributed by atoms with E-state index in [0.29, 0.717) is 31.3 Å². The molecular weight excluding hydrogens is 554 g/mol. The van der Waals surface area contributed by atoms with E-state index in [0.717, 1.165) is 44.1 Å². The maximum atomic E-state index is 10.6. The molecule has 1 heterocycles. The molecule has 8 heteroatoms. The molecule has 3 aromatic carbocycles. The minimum atomic E-state index is -0.982. The summed E-state index contributed by atoms with van der Waals surface area (Å²) in [6.45, 7) is 4.42. The van der Waals surface area contributed by atoms with Gasteiger partial charge < -0.3 is 29.0 Å². The van der Waals surface area contributed by atoms with Crippen molar-refractivity contribution in [1.82, 2.24) is 4.90 Å². The first kappa shape index (κ1) is 32.9. The molecule has 1 N–H and O–H groups in total. The molecule has 4 rings (SSSR count). The lowest BCUT2D eigenvalue weighted by Gasteiger charge is -2.34. The fourth-order valence-electron chi connectivity index (χ4n) is 4.78. The van der Waals surface area contributed by atoms with Gasteiger partial charge in [-0.05, 0) is 41.7 Å². The van der Waals surface area contributed by atoms with E-state index in [-0.39, 0.29) is 24.6 Å². The second-order valence-electron chi connectivity index (χ2n) is 9.81. The predicted octanol–water partition coefficient (Wildman–Crippen LogP) is 6.44. The van der Waals surface area contributed by atoms with Crippen LogP contribution in [0.5, 0.6) is 11.5 Å². The van der Waals surface area contributed by atoms with E-state index in [1.165, 1.54) is 17.2 Å². The number of rotatable bonds is 15. The Morgan fingerprint density at radius 2 is 1.57 bits per heavy atom. The molecule has 0 saturated carbocycles. The van der Waals surface area contributed by atoms with E-state index < -0.39 is 5.97 Å². The van der Waals surface area contributed by atoms with Crippen molar-refractivity contribution >= 4 is 24.5 Å². The highest BCUT2D eigenvalue weighted by Gasteiger charge is 2.24. The summed E-state index contributed by atoms with van der Waals surface area (Å²) in [5.74, 6) is 0.269. The average molecular weight is 594 g/mol. The largest absolute Gasteiger partial charge is 0.493 e. The molecule has 3 aromatic rings. The van der Waals surface area contributed by atoms with Crippen LogP contribution in [0, 0.1) is 0 Å². The Morgan fingerprint density at radius 1 is 0.905 bits per heavy atom. The van der Waals surface area contributed by atoms with Gasteiger partial charge in [0.15, 0.2) is 11.5 Å². The highest BCUT2D eigenvalue weighted by atomic mass is 35.5. The van der Waals surface area contributed by atoms with Crippen LogP contribution in [0.3, 0.4) is 0 Å². The molecule has 0 aliphatic carbocycles. The third kappa shape index (κ3) is 10.7. The Bertz CT molecular complexity index is 1220. The van der Waals surface area contributed by atoms with Crippen LogP contribution in [0.25, 0.3) is 6.08 Å². The van der Waals surface area contributed by atoms with Crippen LogP contribution in [0.15, 0.2) is 97.1 Å². The number of ether oxygens (including phenoxy) is 4. The average Bonchev–Trinajstić information content (AvgIpc) is 3.01. The number of carbonyl (C=O) groups is 1. The van der Waals surface area contributed by atoms with Gasteiger partial charge in [0.1, 0.15) is 12.7 Å². The van der Waals surface area contributed by atoms with Gasteiger partial charge in [0.05, 0.1) is 26.4 Å². The molecule has 0 radical (unpaired) electrons. The van der Waals surface area contributed by atoms with Gasteiger partial charge in [-0.25, -0.2) is 4.79 Å². The fraction of sp³-hybridized carbons (Fsp3) is 0.324. The summed E-state index contributed by atoms with van der Waals surface area (Å²) in [7, 11) is 1.59. The maximum absolute atomic E-state index is 10.6. The quantitative estimate of drug-likeness (QED) is 0.123. The summed E-state index contributed by atoms with van der Waals surface area (Å²) < 4.78 is 23.8. The minimum Gasteiger partial charge on any atom is -0.493 e. The zero-order chi connectivity index (χ0) is 28.7. The molecule has 7 nitrogen and oxygen atoms in total. The number of carboxylic acids is 1. The number of benzene rings is 3. The Kier molecular flexibility index (Phi) is 14.1. The fourth-order valence-corrected chi connectivity index (χ4v) is 4.78. The summed E-state index contributed by atoms with van der Waals surface area (Å²) in [6.07, 6.45) is 8.19. The molecule has 1 saturated heterocycles. The number of allylic oxidation sites excluding steroid dienone is 2. The highest BCUT2D eigenvalue weighted by Crippen LogP contribution is 2.30. The first-order valence-electron chi connectivity index (χ1n) is 14.1. The number of aliphatic carboxylic acids is 1. The number of hydrogen-bond acceptors (Lipinski definition) is 6. The highest BCUT2D eigenvalue weighted by molar-refractivity contribution is 5.85. The van der Waals surface area contributed by atoms with Gasteiger partial charge in [0, 0.05) is 25.7 Å². The van der Waals surface area contributed by atoms with Crippen molar-refractivity contribution in [1.29, 1.82) is 0 Å². The summed E-state index contributed by atoms with van der Waals surface area (Å²) in [5, 5.41) is 8.66. The molecule has 0 bridgehead atoms. The first-order chi connectivity index (χ1) is 20.1. The Hall–Kier alpha value is -3.62. The van der Waals surface area contributed by atoms with Crippen LogP contribution < -0.4 is 9.47 Å². The lowest BCUT2D eigenvalue weighted by atomic mass is 10.00. The number of halogens is 1. The SMILES string of the molecule is COc1cc(C=CC=CC(=O)O)ccc1OCCOCCN1CCC(OC(c2ccccc2)c2ccccc2)CC1.Cl. The maximum Gasteiger partial charge on any atom is 0.328 e. The van der Waals surface area contributed by atoms with Crippen molar-refractivity contribution in [3.05, 3.63) is 114 Å². The van der Waals surface area contributed by atoms with Gasteiger partial charge in [0.2, 0.25) is 0 Å². The van der Waals surface area contributed by atoms with E-state index in [4.69, 9.17) is 24.1 Å². The van der Waals surface area contributed by atoms with Crippen molar-refractivity contribution in [3.63, 3.8) is 0 Å². The molecule has 0 spiro atoms. The predicted molar refractivity (Wildman–Crippen MR) is 168 cm³/mol. The van der Waals surface area contributed by atoms with Crippen LogP contribution in [-0.4, -0.2) is 68.6 Å². The van der Waals surface area contributed by atoms with Gasteiger partial charge in [-0.15, -0.1) is 12.4 Å². The van der Waals surface area contributed by atoms with Gasteiger partial charge in [-0.1, -0.05) is 85.0 Å². The number of piperidine rings is 1. The second kappa shape index (κ2) is 18.0. The van der Waals surface area contributed by atoms with E-state index in [9.17, 15) is 4.79 Å². The van der Waals surface area contributed by atoms with Crippen LogP contribution in [-0.2, 0) is 14.3 Å². The van der Waals surface area contributed by atoms with Crippen LogP contribution in [0.2, 0.25) is 0 Å². The Balaban J connectivity index is 0.00000484.